The highest BCUT2D eigenvalue weighted by Gasteiger charge is 2.27. The van der Waals surface area contributed by atoms with Crippen molar-refractivity contribution in [1.29, 1.82) is 0 Å². The molecule has 3 rings (SSSR count). The molecular formula is C12H13N3O6. The number of ether oxygens (including phenoxy) is 3. The van der Waals surface area contributed by atoms with Gasteiger partial charge in [-0.2, -0.15) is 0 Å². The summed E-state index contributed by atoms with van der Waals surface area (Å²) in [6.07, 6.45) is -0.677. The Morgan fingerprint density at radius 3 is 2.81 bits per heavy atom. The monoisotopic (exact) mass is 295 g/mol. The number of amides is 1. The van der Waals surface area contributed by atoms with Crippen LogP contribution in [0.25, 0.3) is 0 Å². The van der Waals surface area contributed by atoms with Crippen LogP contribution in [-0.2, 0) is 9.53 Å². The minimum absolute atomic E-state index is 0.000453. The van der Waals surface area contributed by atoms with Crippen molar-refractivity contribution >= 4 is 17.3 Å². The normalized spacial score (nSPS) is 20.1. The maximum absolute atomic E-state index is 12.1. The lowest BCUT2D eigenvalue weighted by atomic mass is 10.2. The van der Waals surface area contributed by atoms with Crippen molar-refractivity contribution in [3.05, 3.63) is 22.2 Å². The Balaban J connectivity index is 1.83. The Hall–Kier alpha value is -2.39. The molecule has 9 nitrogen and oxygen atoms in total. The van der Waals surface area contributed by atoms with Gasteiger partial charge in [0, 0.05) is 19.2 Å². The fraction of sp³-hybridized carbons (Fsp3) is 0.417. The number of nitro benzene ring substituents is 1. The van der Waals surface area contributed by atoms with Gasteiger partial charge < -0.3 is 24.8 Å². The van der Waals surface area contributed by atoms with Crippen LogP contribution in [0.5, 0.6) is 11.5 Å². The first-order valence-electron chi connectivity index (χ1n) is 6.36. The van der Waals surface area contributed by atoms with E-state index in [1.54, 1.807) is 0 Å². The average Bonchev–Trinajstić information content (AvgIpc) is 2.94. The minimum Gasteiger partial charge on any atom is -0.454 e. The number of hydrogen-bond acceptors (Lipinski definition) is 7. The van der Waals surface area contributed by atoms with E-state index in [2.05, 4.69) is 10.6 Å². The summed E-state index contributed by atoms with van der Waals surface area (Å²) in [7, 11) is 0. The number of fused-ring (bicyclic) bond motifs is 1. The van der Waals surface area contributed by atoms with Crippen molar-refractivity contribution in [3.8, 4) is 11.5 Å². The zero-order valence-corrected chi connectivity index (χ0v) is 11.0. The van der Waals surface area contributed by atoms with Crippen LogP contribution in [0, 0.1) is 10.1 Å². The highest BCUT2D eigenvalue weighted by molar-refractivity contribution is 5.97. The molecule has 0 spiro atoms. The third kappa shape index (κ3) is 2.73. The molecule has 1 fully saturated rings. The molecule has 2 aliphatic rings. The summed E-state index contributed by atoms with van der Waals surface area (Å²) in [6.45, 7) is 1.46. The van der Waals surface area contributed by atoms with Gasteiger partial charge in [-0.3, -0.25) is 14.9 Å². The molecule has 0 saturated carbocycles. The summed E-state index contributed by atoms with van der Waals surface area (Å²) < 4.78 is 15.6. The molecule has 0 aliphatic carbocycles. The van der Waals surface area contributed by atoms with E-state index in [9.17, 15) is 14.9 Å². The summed E-state index contributed by atoms with van der Waals surface area (Å²) in [6, 6.07) is 2.62. The van der Waals surface area contributed by atoms with Crippen molar-refractivity contribution in [2.45, 2.75) is 6.10 Å². The fourth-order valence-corrected chi connectivity index (χ4v) is 2.13. The second-order valence-corrected chi connectivity index (χ2v) is 4.53. The molecule has 0 bridgehead atoms. The maximum Gasteiger partial charge on any atom is 0.296 e. The first kappa shape index (κ1) is 13.6. The summed E-state index contributed by atoms with van der Waals surface area (Å²) in [5.74, 6) is 0.207. The maximum atomic E-state index is 12.1. The van der Waals surface area contributed by atoms with E-state index >= 15 is 0 Å². The molecule has 0 aromatic heterocycles. The average molecular weight is 295 g/mol. The van der Waals surface area contributed by atoms with Gasteiger partial charge in [-0.25, -0.2) is 0 Å². The number of carbonyl (C=O) groups excluding carboxylic acids is 1. The van der Waals surface area contributed by atoms with Crippen LogP contribution < -0.4 is 20.1 Å². The molecule has 1 atom stereocenters. The summed E-state index contributed by atoms with van der Waals surface area (Å²) in [4.78, 5) is 22.6. The lowest BCUT2D eigenvalue weighted by molar-refractivity contribution is -0.384. The van der Waals surface area contributed by atoms with Crippen LogP contribution in [0.15, 0.2) is 12.1 Å². The van der Waals surface area contributed by atoms with Crippen molar-refractivity contribution < 1.29 is 23.9 Å². The van der Waals surface area contributed by atoms with E-state index in [4.69, 9.17) is 14.2 Å². The number of anilines is 1. The molecule has 1 amide bonds. The third-order valence-electron chi connectivity index (χ3n) is 3.17. The minimum atomic E-state index is -0.677. The number of rotatable bonds is 3. The number of morpholine rings is 1. The van der Waals surface area contributed by atoms with E-state index in [0.29, 0.717) is 25.4 Å². The third-order valence-corrected chi connectivity index (χ3v) is 3.17. The van der Waals surface area contributed by atoms with Crippen molar-refractivity contribution in [3.63, 3.8) is 0 Å². The van der Waals surface area contributed by atoms with E-state index in [-0.39, 0.29) is 23.9 Å². The SMILES string of the molecule is O=C(Nc1cc2c(cc1[N+](=O)[O-])OCO2)C1CNCCO1. The van der Waals surface area contributed by atoms with Crippen LogP contribution in [0.3, 0.4) is 0 Å². The van der Waals surface area contributed by atoms with E-state index < -0.39 is 16.9 Å². The van der Waals surface area contributed by atoms with Gasteiger partial charge in [0.25, 0.3) is 11.6 Å². The highest BCUT2D eigenvalue weighted by Crippen LogP contribution is 2.40. The zero-order valence-electron chi connectivity index (χ0n) is 11.0. The highest BCUT2D eigenvalue weighted by atomic mass is 16.7. The second kappa shape index (κ2) is 5.54. The van der Waals surface area contributed by atoms with Crippen molar-refractivity contribution in [2.75, 3.05) is 31.8 Å². The van der Waals surface area contributed by atoms with Gasteiger partial charge in [-0.05, 0) is 0 Å². The van der Waals surface area contributed by atoms with E-state index in [0.717, 1.165) is 0 Å². The molecule has 1 saturated heterocycles. The van der Waals surface area contributed by atoms with Crippen molar-refractivity contribution in [2.24, 2.45) is 0 Å². The molecule has 1 aromatic carbocycles. The summed E-state index contributed by atoms with van der Waals surface area (Å²) >= 11 is 0. The number of carbonyl (C=O) groups is 1. The zero-order chi connectivity index (χ0) is 14.8. The summed E-state index contributed by atoms with van der Waals surface area (Å²) in [5.41, 5.74) is -0.195. The van der Waals surface area contributed by atoms with Gasteiger partial charge in [0.2, 0.25) is 6.79 Å². The molecule has 2 heterocycles. The smallest absolute Gasteiger partial charge is 0.296 e. The van der Waals surface area contributed by atoms with Crippen LogP contribution in [-0.4, -0.2) is 43.4 Å². The van der Waals surface area contributed by atoms with E-state index in [1.165, 1.54) is 12.1 Å². The molecular weight excluding hydrogens is 282 g/mol. The first-order valence-corrected chi connectivity index (χ1v) is 6.36. The number of hydrogen-bond donors (Lipinski definition) is 2. The lowest BCUT2D eigenvalue weighted by Gasteiger charge is -2.22. The standard InChI is InChI=1S/C12H13N3O6/c16-12(11-5-13-1-2-19-11)14-7-3-9-10(21-6-20-9)4-8(7)15(17)18/h3-4,11,13H,1-2,5-6H2,(H,14,16). The molecule has 1 aromatic rings. The second-order valence-electron chi connectivity index (χ2n) is 4.53. The van der Waals surface area contributed by atoms with Gasteiger partial charge in [0.05, 0.1) is 17.6 Å². The topological polar surface area (TPSA) is 112 Å². The van der Waals surface area contributed by atoms with Crippen LogP contribution in [0.4, 0.5) is 11.4 Å². The molecule has 2 N–H and O–H groups in total. The van der Waals surface area contributed by atoms with Gasteiger partial charge in [0.1, 0.15) is 11.8 Å². The van der Waals surface area contributed by atoms with Crippen LogP contribution in [0.1, 0.15) is 0 Å². The van der Waals surface area contributed by atoms with Crippen molar-refractivity contribution in [1.82, 2.24) is 5.32 Å². The van der Waals surface area contributed by atoms with Gasteiger partial charge in [-0.15, -0.1) is 0 Å². The van der Waals surface area contributed by atoms with Crippen LogP contribution >= 0.6 is 0 Å². The molecule has 9 heteroatoms. The van der Waals surface area contributed by atoms with E-state index in [1.807, 2.05) is 0 Å². The number of nitrogens with one attached hydrogen (secondary N) is 2. The Bertz CT molecular complexity index is 585. The van der Waals surface area contributed by atoms with Gasteiger partial charge in [-0.1, -0.05) is 0 Å². The lowest BCUT2D eigenvalue weighted by Crippen LogP contribution is -2.45. The quantitative estimate of drug-likeness (QED) is 0.607. The first-order chi connectivity index (χ1) is 10.1. The fourth-order valence-electron chi connectivity index (χ4n) is 2.13. The van der Waals surface area contributed by atoms with Gasteiger partial charge in [0.15, 0.2) is 11.5 Å². The molecule has 2 aliphatic heterocycles. The number of nitrogens with zero attached hydrogens (tertiary/aromatic N) is 1. The van der Waals surface area contributed by atoms with Gasteiger partial charge >= 0.3 is 0 Å². The summed E-state index contributed by atoms with van der Waals surface area (Å²) in [5, 5.41) is 16.6. The predicted octanol–water partition coefficient (Wildman–Crippen LogP) is 0.250. The van der Waals surface area contributed by atoms with Crippen LogP contribution in [0.2, 0.25) is 0 Å². The number of nitro groups is 1. The largest absolute Gasteiger partial charge is 0.454 e. The molecule has 21 heavy (non-hydrogen) atoms. The Morgan fingerprint density at radius 1 is 1.38 bits per heavy atom. The molecule has 112 valence electrons. The Kier molecular flexibility index (Phi) is 3.59. The Labute approximate surface area is 119 Å². The molecule has 0 radical (unpaired) electrons. The molecule has 1 unspecified atom stereocenters. The Morgan fingerprint density at radius 2 is 2.14 bits per heavy atom. The number of benzene rings is 1. The predicted molar refractivity (Wildman–Crippen MR) is 70.5 cm³/mol.